The van der Waals surface area contributed by atoms with Gasteiger partial charge in [0.1, 0.15) is 0 Å². The smallest absolute Gasteiger partial charge is 0.393 e. The normalized spacial score (nSPS) is 28.9. The second-order valence-corrected chi connectivity index (χ2v) is 9.11. The molecule has 0 bridgehead atoms. The average Bonchev–Trinajstić information content (AvgIpc) is 3.22. The molecule has 4 rings (SSSR count). The number of rotatable bonds is 4. The van der Waals surface area contributed by atoms with Gasteiger partial charge in [0, 0.05) is 30.2 Å². The summed E-state index contributed by atoms with van der Waals surface area (Å²) >= 11 is 0. The highest BCUT2D eigenvalue weighted by Gasteiger charge is 2.44. The first-order chi connectivity index (χ1) is 15.2. The third-order valence-corrected chi connectivity index (χ3v) is 7.16. The van der Waals surface area contributed by atoms with Gasteiger partial charge in [0.15, 0.2) is 0 Å². The van der Waals surface area contributed by atoms with Gasteiger partial charge in [0.25, 0.3) is 5.91 Å². The number of carbonyl (C=O) groups excluding carboxylic acids is 2. The molecule has 9 heteroatoms. The van der Waals surface area contributed by atoms with Crippen molar-refractivity contribution < 1.29 is 27.9 Å². The summed E-state index contributed by atoms with van der Waals surface area (Å²) in [6, 6.07) is 5.05. The Morgan fingerprint density at radius 1 is 1.03 bits per heavy atom. The fraction of sp³-hybridized carbons (Fsp3) is 0.652. The number of fused-ring (bicyclic) bond motifs is 1. The number of nitrogens with zero attached hydrogens (tertiary/aromatic N) is 2. The summed E-state index contributed by atoms with van der Waals surface area (Å²) in [7, 11) is 0. The van der Waals surface area contributed by atoms with Crippen LogP contribution in [0.4, 0.5) is 13.2 Å². The first-order valence-corrected chi connectivity index (χ1v) is 11.4. The standard InChI is InChI=1S/C23H30F3N3O3/c24-23(25,26)16-4-1-3-15(13-16)22(32)27-14-21(31)29-12-10-20-19(29)5-2-11-28(20)17-6-8-18(30)9-7-17/h1,3-4,13,17-20,30H,2,5-12,14H2,(H,27,32)/t17?,18?,19-,20+/m1/s1. The lowest BCUT2D eigenvalue weighted by atomic mass is 9.87. The second kappa shape index (κ2) is 9.39. The van der Waals surface area contributed by atoms with Gasteiger partial charge < -0.3 is 15.3 Å². The SMILES string of the molecule is O=C(NCC(=O)N1CC[C@H]2[C@H]1CCCN2C1CCC(O)CC1)c1cccc(C(F)(F)F)c1. The number of nitrogens with one attached hydrogen (secondary N) is 1. The van der Waals surface area contributed by atoms with Crippen molar-refractivity contribution in [1.29, 1.82) is 0 Å². The Labute approximate surface area is 185 Å². The molecule has 3 fully saturated rings. The molecule has 2 N–H and O–H groups in total. The van der Waals surface area contributed by atoms with Gasteiger partial charge in [-0.15, -0.1) is 0 Å². The van der Waals surface area contributed by atoms with Gasteiger partial charge in [-0.3, -0.25) is 14.5 Å². The zero-order valence-corrected chi connectivity index (χ0v) is 18.0. The highest BCUT2D eigenvalue weighted by atomic mass is 19.4. The predicted molar refractivity (Wildman–Crippen MR) is 112 cm³/mol. The van der Waals surface area contributed by atoms with Crippen LogP contribution in [0.15, 0.2) is 24.3 Å². The number of aliphatic hydroxyl groups excluding tert-OH is 1. The van der Waals surface area contributed by atoms with E-state index in [1.807, 2.05) is 4.90 Å². The Hall–Kier alpha value is -2.13. The van der Waals surface area contributed by atoms with E-state index in [1.54, 1.807) is 0 Å². The van der Waals surface area contributed by atoms with Crippen LogP contribution >= 0.6 is 0 Å². The number of piperidine rings is 1. The highest BCUT2D eigenvalue weighted by Crippen LogP contribution is 2.35. The zero-order chi connectivity index (χ0) is 22.9. The summed E-state index contributed by atoms with van der Waals surface area (Å²) < 4.78 is 38.7. The monoisotopic (exact) mass is 453 g/mol. The summed E-state index contributed by atoms with van der Waals surface area (Å²) in [4.78, 5) is 29.6. The number of amides is 2. The molecule has 2 saturated heterocycles. The lowest BCUT2D eigenvalue weighted by Gasteiger charge is -2.45. The number of hydrogen-bond acceptors (Lipinski definition) is 4. The van der Waals surface area contributed by atoms with Crippen LogP contribution in [0.1, 0.15) is 60.9 Å². The predicted octanol–water partition coefficient (Wildman–Crippen LogP) is 2.80. The Morgan fingerprint density at radius 3 is 2.50 bits per heavy atom. The number of alkyl halides is 3. The fourth-order valence-corrected chi connectivity index (χ4v) is 5.57. The molecule has 0 aromatic heterocycles. The van der Waals surface area contributed by atoms with E-state index < -0.39 is 17.6 Å². The summed E-state index contributed by atoms with van der Waals surface area (Å²) in [5.74, 6) is -0.884. The van der Waals surface area contributed by atoms with E-state index in [2.05, 4.69) is 10.2 Å². The highest BCUT2D eigenvalue weighted by molar-refractivity contribution is 5.96. The Morgan fingerprint density at radius 2 is 1.78 bits per heavy atom. The minimum atomic E-state index is -4.53. The molecule has 176 valence electrons. The fourth-order valence-electron chi connectivity index (χ4n) is 5.57. The number of carbonyl (C=O) groups is 2. The molecule has 0 unspecified atom stereocenters. The van der Waals surface area contributed by atoms with Gasteiger partial charge in [0.05, 0.1) is 18.2 Å². The Balaban J connectivity index is 1.34. The molecule has 2 amide bonds. The van der Waals surface area contributed by atoms with Crippen molar-refractivity contribution >= 4 is 11.8 Å². The molecule has 1 aliphatic carbocycles. The first-order valence-electron chi connectivity index (χ1n) is 11.4. The van der Waals surface area contributed by atoms with Crippen LogP contribution in [0.25, 0.3) is 0 Å². The maximum atomic E-state index is 12.9. The Kier molecular flexibility index (Phi) is 6.76. The molecule has 1 aromatic rings. The van der Waals surface area contributed by atoms with E-state index in [-0.39, 0.29) is 30.2 Å². The molecular formula is C23H30F3N3O3. The van der Waals surface area contributed by atoms with Crippen molar-refractivity contribution in [3.05, 3.63) is 35.4 Å². The van der Waals surface area contributed by atoms with E-state index in [0.717, 1.165) is 63.6 Å². The van der Waals surface area contributed by atoms with Gasteiger partial charge in [0.2, 0.25) is 5.91 Å². The average molecular weight is 454 g/mol. The molecule has 3 aliphatic rings. The van der Waals surface area contributed by atoms with Crippen LogP contribution in [0.3, 0.4) is 0 Å². The van der Waals surface area contributed by atoms with E-state index in [0.29, 0.717) is 18.6 Å². The Bertz CT molecular complexity index is 839. The van der Waals surface area contributed by atoms with Crippen molar-refractivity contribution in [1.82, 2.24) is 15.1 Å². The van der Waals surface area contributed by atoms with Gasteiger partial charge in [-0.25, -0.2) is 0 Å². The largest absolute Gasteiger partial charge is 0.416 e. The quantitative estimate of drug-likeness (QED) is 0.736. The molecule has 6 nitrogen and oxygen atoms in total. The van der Waals surface area contributed by atoms with Crippen LogP contribution < -0.4 is 5.32 Å². The molecule has 0 spiro atoms. The van der Waals surface area contributed by atoms with Gasteiger partial charge in [-0.05, 0) is 69.7 Å². The lowest BCUT2D eigenvalue weighted by Crippen LogP contribution is -2.55. The molecule has 2 heterocycles. The maximum absolute atomic E-state index is 12.9. The number of benzene rings is 1. The molecule has 1 aromatic carbocycles. The first kappa shape index (κ1) is 23.0. The molecule has 2 atom stereocenters. The van der Waals surface area contributed by atoms with Crippen molar-refractivity contribution in [3.63, 3.8) is 0 Å². The molecular weight excluding hydrogens is 423 g/mol. The van der Waals surface area contributed by atoms with Crippen molar-refractivity contribution in [2.24, 2.45) is 0 Å². The minimum absolute atomic E-state index is 0.105. The maximum Gasteiger partial charge on any atom is 0.416 e. The molecule has 0 radical (unpaired) electrons. The molecule has 1 saturated carbocycles. The van der Waals surface area contributed by atoms with E-state index >= 15 is 0 Å². The number of halogens is 3. The number of hydrogen-bond donors (Lipinski definition) is 2. The lowest BCUT2D eigenvalue weighted by molar-refractivity contribution is -0.137. The van der Waals surface area contributed by atoms with E-state index in [9.17, 15) is 27.9 Å². The van der Waals surface area contributed by atoms with Crippen molar-refractivity contribution in [3.8, 4) is 0 Å². The van der Waals surface area contributed by atoms with Crippen LogP contribution in [0.2, 0.25) is 0 Å². The van der Waals surface area contributed by atoms with Gasteiger partial charge in [-0.2, -0.15) is 13.2 Å². The third kappa shape index (κ3) is 4.93. The topological polar surface area (TPSA) is 72.9 Å². The molecule has 32 heavy (non-hydrogen) atoms. The summed E-state index contributed by atoms with van der Waals surface area (Å²) in [5.41, 5.74) is -1.01. The van der Waals surface area contributed by atoms with Gasteiger partial charge >= 0.3 is 6.18 Å². The second-order valence-electron chi connectivity index (χ2n) is 9.11. The number of aliphatic hydroxyl groups is 1. The van der Waals surface area contributed by atoms with Crippen LogP contribution in [0.5, 0.6) is 0 Å². The van der Waals surface area contributed by atoms with Crippen molar-refractivity contribution in [2.45, 2.75) is 75.4 Å². The van der Waals surface area contributed by atoms with Crippen LogP contribution in [-0.4, -0.2) is 70.6 Å². The van der Waals surface area contributed by atoms with Crippen LogP contribution in [-0.2, 0) is 11.0 Å². The van der Waals surface area contributed by atoms with E-state index in [1.165, 1.54) is 12.1 Å². The third-order valence-electron chi connectivity index (χ3n) is 7.16. The molecule has 2 aliphatic heterocycles. The minimum Gasteiger partial charge on any atom is -0.393 e. The summed E-state index contributed by atoms with van der Waals surface area (Å²) in [5, 5.41) is 12.3. The van der Waals surface area contributed by atoms with Crippen LogP contribution in [0, 0.1) is 0 Å². The van der Waals surface area contributed by atoms with Crippen molar-refractivity contribution in [2.75, 3.05) is 19.6 Å². The van der Waals surface area contributed by atoms with Gasteiger partial charge in [-0.1, -0.05) is 6.07 Å². The van der Waals surface area contributed by atoms with E-state index in [4.69, 9.17) is 0 Å². The number of likely N-dealkylation sites (tertiary alicyclic amines) is 2. The summed E-state index contributed by atoms with van der Waals surface area (Å²) in [6.07, 6.45) is 1.68. The summed E-state index contributed by atoms with van der Waals surface area (Å²) in [6.45, 7) is 1.41. The zero-order valence-electron chi connectivity index (χ0n) is 18.0.